The second-order valence-corrected chi connectivity index (χ2v) is 4.61. The van der Waals surface area contributed by atoms with Gasteiger partial charge in [-0.2, -0.15) is 0 Å². The number of nitrogens with zero attached hydrogens (tertiary/aromatic N) is 2. The van der Waals surface area contributed by atoms with Gasteiger partial charge in [0.15, 0.2) is 5.75 Å². The summed E-state index contributed by atoms with van der Waals surface area (Å²) in [6.45, 7) is 5.70. The Morgan fingerprint density at radius 1 is 1.47 bits per heavy atom. The summed E-state index contributed by atoms with van der Waals surface area (Å²) in [4.78, 5) is 13.5. The molecular weight excluding hydrogens is 248 g/mol. The Morgan fingerprint density at radius 2 is 2.16 bits per heavy atom. The third kappa shape index (κ3) is 4.66. The summed E-state index contributed by atoms with van der Waals surface area (Å²) in [6, 6.07) is 1.37. The van der Waals surface area contributed by atoms with Gasteiger partial charge < -0.3 is 19.9 Å². The van der Waals surface area contributed by atoms with Crippen LogP contribution < -0.4 is 5.43 Å². The number of aromatic hydroxyl groups is 1. The second-order valence-electron chi connectivity index (χ2n) is 4.61. The van der Waals surface area contributed by atoms with E-state index in [1.807, 2.05) is 11.8 Å². The van der Waals surface area contributed by atoms with Crippen LogP contribution in [0.5, 0.6) is 5.75 Å². The van der Waals surface area contributed by atoms with Gasteiger partial charge in [0.05, 0.1) is 18.9 Å². The summed E-state index contributed by atoms with van der Waals surface area (Å²) in [7, 11) is 0. The third-order valence-corrected chi connectivity index (χ3v) is 2.91. The van der Waals surface area contributed by atoms with Crippen molar-refractivity contribution in [3.8, 4) is 5.75 Å². The molecule has 0 aliphatic rings. The molecule has 0 aromatic carbocycles. The number of aliphatic hydroxyl groups excluding tert-OH is 2. The highest BCUT2D eigenvalue weighted by Crippen LogP contribution is 2.09. The van der Waals surface area contributed by atoms with Crippen molar-refractivity contribution in [1.29, 1.82) is 0 Å². The highest BCUT2D eigenvalue weighted by atomic mass is 16.3. The monoisotopic (exact) mass is 270 g/mol. The molecule has 1 aromatic rings. The minimum absolute atomic E-state index is 0.0482. The van der Waals surface area contributed by atoms with Crippen molar-refractivity contribution in [3.63, 3.8) is 0 Å². The Hall–Kier alpha value is -1.37. The normalized spacial score (nSPS) is 12.9. The van der Waals surface area contributed by atoms with E-state index in [2.05, 4.69) is 0 Å². The van der Waals surface area contributed by atoms with Crippen molar-refractivity contribution >= 4 is 0 Å². The predicted octanol–water partition coefficient (Wildman–Crippen LogP) is -0.251. The molecule has 0 saturated carbocycles. The van der Waals surface area contributed by atoms with E-state index < -0.39 is 11.5 Å². The molecule has 108 valence electrons. The average molecular weight is 270 g/mol. The van der Waals surface area contributed by atoms with Crippen molar-refractivity contribution in [3.05, 3.63) is 28.2 Å². The second kappa shape index (κ2) is 7.28. The number of rotatable bonds is 7. The Labute approximate surface area is 112 Å². The van der Waals surface area contributed by atoms with Gasteiger partial charge in [0, 0.05) is 31.4 Å². The van der Waals surface area contributed by atoms with Gasteiger partial charge in [-0.25, -0.2) is 0 Å². The standard InChI is InChI=1S/C13H22N2O4/c1-3-14(4-5-16)8-11-6-12(18)13(19)9-15(11)7-10(2)17/h6,9-10,16-17,19H,3-5,7-8H2,1-2H3. The Kier molecular flexibility index (Phi) is 6.01. The molecule has 6 heteroatoms. The fraction of sp³-hybridized carbons (Fsp3) is 0.615. The summed E-state index contributed by atoms with van der Waals surface area (Å²) >= 11 is 0. The molecule has 0 aliphatic heterocycles. The van der Waals surface area contributed by atoms with Crippen LogP contribution in [0.15, 0.2) is 17.1 Å². The molecule has 0 radical (unpaired) electrons. The lowest BCUT2D eigenvalue weighted by molar-refractivity contribution is 0.165. The van der Waals surface area contributed by atoms with Crippen molar-refractivity contribution in [2.45, 2.75) is 33.0 Å². The molecule has 1 atom stereocenters. The molecule has 1 unspecified atom stereocenters. The number of pyridine rings is 1. The van der Waals surface area contributed by atoms with Gasteiger partial charge in [-0.1, -0.05) is 6.92 Å². The largest absolute Gasteiger partial charge is 0.503 e. The molecule has 1 rings (SSSR count). The Morgan fingerprint density at radius 3 is 2.68 bits per heavy atom. The maximum atomic E-state index is 11.5. The van der Waals surface area contributed by atoms with Gasteiger partial charge in [-0.05, 0) is 13.5 Å². The number of aliphatic hydroxyl groups is 2. The first-order valence-electron chi connectivity index (χ1n) is 6.41. The fourth-order valence-electron chi connectivity index (χ4n) is 1.91. The minimum atomic E-state index is -0.575. The first kappa shape index (κ1) is 15.7. The highest BCUT2D eigenvalue weighted by molar-refractivity contribution is 5.20. The van der Waals surface area contributed by atoms with Crippen LogP contribution in [-0.2, 0) is 13.1 Å². The lowest BCUT2D eigenvalue weighted by Crippen LogP contribution is -2.29. The zero-order chi connectivity index (χ0) is 14.4. The number of likely N-dealkylation sites (N-methyl/N-ethyl adjacent to an activating group) is 1. The third-order valence-electron chi connectivity index (χ3n) is 2.91. The smallest absolute Gasteiger partial charge is 0.223 e. The average Bonchev–Trinajstić information content (AvgIpc) is 2.34. The van der Waals surface area contributed by atoms with Gasteiger partial charge in [0.2, 0.25) is 5.43 Å². The van der Waals surface area contributed by atoms with Crippen LogP contribution in [0.4, 0.5) is 0 Å². The topological polar surface area (TPSA) is 85.9 Å². The molecule has 1 aromatic heterocycles. The highest BCUT2D eigenvalue weighted by Gasteiger charge is 2.11. The maximum Gasteiger partial charge on any atom is 0.223 e. The molecule has 0 fully saturated rings. The van der Waals surface area contributed by atoms with Crippen LogP contribution in [0, 0.1) is 0 Å². The van der Waals surface area contributed by atoms with Crippen molar-refractivity contribution in [2.75, 3.05) is 19.7 Å². The lowest BCUT2D eigenvalue weighted by Gasteiger charge is -2.22. The van der Waals surface area contributed by atoms with Gasteiger partial charge >= 0.3 is 0 Å². The molecule has 19 heavy (non-hydrogen) atoms. The van der Waals surface area contributed by atoms with E-state index in [0.717, 1.165) is 6.54 Å². The van der Waals surface area contributed by atoms with Crippen LogP contribution >= 0.6 is 0 Å². The first-order chi connectivity index (χ1) is 8.97. The SMILES string of the molecule is CCN(CCO)Cc1cc(=O)c(O)cn1CC(C)O. The molecule has 0 bridgehead atoms. The van der Waals surface area contributed by atoms with Gasteiger partial charge in [-0.3, -0.25) is 9.69 Å². The van der Waals surface area contributed by atoms with Crippen LogP contribution in [0.25, 0.3) is 0 Å². The first-order valence-corrected chi connectivity index (χ1v) is 6.41. The van der Waals surface area contributed by atoms with E-state index in [1.54, 1.807) is 11.5 Å². The Balaban J connectivity index is 3.02. The van der Waals surface area contributed by atoms with Gasteiger partial charge in [0.25, 0.3) is 0 Å². The van der Waals surface area contributed by atoms with E-state index in [9.17, 15) is 15.0 Å². The lowest BCUT2D eigenvalue weighted by atomic mass is 10.2. The summed E-state index contributed by atoms with van der Waals surface area (Å²) in [6.07, 6.45) is 0.769. The summed E-state index contributed by atoms with van der Waals surface area (Å²) in [5, 5.41) is 27.9. The van der Waals surface area contributed by atoms with Crippen molar-refractivity contribution < 1.29 is 15.3 Å². The van der Waals surface area contributed by atoms with Crippen molar-refractivity contribution in [2.24, 2.45) is 0 Å². The van der Waals surface area contributed by atoms with E-state index >= 15 is 0 Å². The molecule has 0 spiro atoms. The molecule has 0 saturated heterocycles. The van der Waals surface area contributed by atoms with E-state index in [0.29, 0.717) is 25.3 Å². The Bertz CT molecular complexity index is 456. The minimum Gasteiger partial charge on any atom is -0.503 e. The zero-order valence-electron chi connectivity index (χ0n) is 11.4. The van der Waals surface area contributed by atoms with E-state index in [1.165, 1.54) is 12.3 Å². The molecular formula is C13H22N2O4. The van der Waals surface area contributed by atoms with Crippen molar-refractivity contribution in [1.82, 2.24) is 9.47 Å². The van der Waals surface area contributed by atoms with E-state index in [-0.39, 0.29) is 12.4 Å². The number of hydrogen-bond acceptors (Lipinski definition) is 5. The van der Waals surface area contributed by atoms with E-state index in [4.69, 9.17) is 5.11 Å². The van der Waals surface area contributed by atoms with Gasteiger partial charge in [0.1, 0.15) is 0 Å². The zero-order valence-corrected chi connectivity index (χ0v) is 11.4. The molecule has 0 amide bonds. The van der Waals surface area contributed by atoms with Crippen LogP contribution in [0.2, 0.25) is 0 Å². The van der Waals surface area contributed by atoms with Crippen LogP contribution in [0.3, 0.4) is 0 Å². The molecule has 1 heterocycles. The van der Waals surface area contributed by atoms with Crippen LogP contribution in [-0.4, -0.2) is 50.6 Å². The molecule has 0 aliphatic carbocycles. The summed E-state index contributed by atoms with van der Waals surface area (Å²) in [5.41, 5.74) is 0.274. The molecule has 3 N–H and O–H groups in total. The predicted molar refractivity (Wildman–Crippen MR) is 72.1 cm³/mol. The quantitative estimate of drug-likeness (QED) is 0.636. The number of aromatic nitrogens is 1. The fourth-order valence-corrected chi connectivity index (χ4v) is 1.91. The summed E-state index contributed by atoms with van der Waals surface area (Å²) in [5.74, 6) is -0.324. The maximum absolute atomic E-state index is 11.5. The van der Waals surface area contributed by atoms with Crippen LogP contribution in [0.1, 0.15) is 19.5 Å². The van der Waals surface area contributed by atoms with Gasteiger partial charge in [-0.15, -0.1) is 0 Å². The molecule has 6 nitrogen and oxygen atoms in total. The summed E-state index contributed by atoms with van der Waals surface area (Å²) < 4.78 is 1.67. The number of hydrogen-bond donors (Lipinski definition) is 3.